The molecule has 0 aliphatic heterocycles. The average Bonchev–Trinajstić information content (AvgIpc) is 3.74. The maximum atomic E-state index is 2.49. The molecule has 0 saturated carbocycles. The van der Waals surface area contributed by atoms with Crippen LogP contribution in [-0.4, -0.2) is 0 Å². The molecule has 0 saturated heterocycles. The molecule has 2 aliphatic carbocycles. The summed E-state index contributed by atoms with van der Waals surface area (Å²) >= 11 is 0. The monoisotopic (exact) mass is 710 g/mol. The summed E-state index contributed by atoms with van der Waals surface area (Å²) < 4.78 is 0. The highest BCUT2D eigenvalue weighted by Gasteiger charge is 2.32. The first-order chi connectivity index (χ1) is 27.4. The van der Waals surface area contributed by atoms with E-state index in [0.29, 0.717) is 0 Å². The van der Waals surface area contributed by atoms with Crippen LogP contribution in [0.15, 0.2) is 176 Å². The summed E-state index contributed by atoms with van der Waals surface area (Å²) in [7, 11) is 0. The van der Waals surface area contributed by atoms with Crippen molar-refractivity contribution in [2.75, 3.05) is 0 Å². The molecule has 0 unspecified atom stereocenters. The summed E-state index contributed by atoms with van der Waals surface area (Å²) in [6, 6.07) is 66.4. The van der Waals surface area contributed by atoms with Crippen molar-refractivity contribution in [3.8, 4) is 77.9 Å². The predicted octanol–water partition coefficient (Wildman–Crippen LogP) is 15.9. The third-order valence-electron chi connectivity index (χ3n) is 12.7. The number of hydrogen-bond acceptors (Lipinski definition) is 0. The second kappa shape index (κ2) is 11.4. The largest absolute Gasteiger partial charge is 0.0622 e. The van der Waals surface area contributed by atoms with Gasteiger partial charge in [-0.25, -0.2) is 0 Å². The Morgan fingerprint density at radius 3 is 1.64 bits per heavy atom. The van der Waals surface area contributed by atoms with Gasteiger partial charge in [0.2, 0.25) is 0 Å². The molecule has 12 rings (SSSR count). The second-order valence-corrected chi connectivity index (χ2v) is 16.8. The van der Waals surface area contributed by atoms with E-state index in [-0.39, 0.29) is 5.41 Å². The van der Waals surface area contributed by atoms with Crippen LogP contribution in [-0.2, 0) is 5.41 Å². The van der Waals surface area contributed by atoms with Gasteiger partial charge < -0.3 is 0 Å². The van der Waals surface area contributed by atoms with Crippen LogP contribution in [0, 0.1) is 0 Å². The molecule has 0 nitrogen and oxygen atoms in total. The summed E-state index contributed by atoms with van der Waals surface area (Å²) in [4.78, 5) is 0. The van der Waals surface area contributed by atoms with Crippen molar-refractivity contribution >= 4 is 43.1 Å². The number of benzene rings is 10. The first-order valence-corrected chi connectivity index (χ1v) is 19.9. The zero-order chi connectivity index (χ0) is 37.3. The minimum absolute atomic E-state index is 0.0869. The molecule has 0 fully saturated rings. The molecule has 0 heterocycles. The van der Waals surface area contributed by atoms with E-state index in [1.807, 2.05) is 0 Å². The average molecular weight is 711 g/mol. The molecule has 0 atom stereocenters. The van der Waals surface area contributed by atoms with Crippen molar-refractivity contribution in [1.29, 1.82) is 0 Å². The van der Waals surface area contributed by atoms with Crippen LogP contribution in [0.1, 0.15) is 26.3 Å². The van der Waals surface area contributed by atoms with Crippen LogP contribution in [0.2, 0.25) is 0 Å². The van der Waals surface area contributed by atoms with E-state index in [0.717, 1.165) is 0 Å². The maximum absolute atomic E-state index is 2.49. The van der Waals surface area contributed by atoms with Crippen molar-refractivity contribution < 1.29 is 0 Å². The molecule has 0 aromatic heterocycles. The Morgan fingerprint density at radius 2 is 0.875 bits per heavy atom. The van der Waals surface area contributed by atoms with Gasteiger partial charge >= 0.3 is 0 Å². The van der Waals surface area contributed by atoms with Crippen LogP contribution >= 0.6 is 0 Å². The van der Waals surface area contributed by atoms with Crippen molar-refractivity contribution in [2.24, 2.45) is 0 Å². The number of hydrogen-bond donors (Lipinski definition) is 0. The fraction of sp³-hybridized carbons (Fsp3) is 0.0714. The van der Waals surface area contributed by atoms with Gasteiger partial charge in [0, 0.05) is 0 Å². The molecular formula is C56H38. The smallest absolute Gasteiger partial charge is 0.000719 e. The first-order valence-electron chi connectivity index (χ1n) is 19.9. The molecule has 56 heavy (non-hydrogen) atoms. The van der Waals surface area contributed by atoms with Gasteiger partial charge in [0.25, 0.3) is 0 Å². The summed E-state index contributed by atoms with van der Waals surface area (Å²) in [5.74, 6) is 0. The number of fused-ring (bicyclic) bond motifs is 9. The Kier molecular flexibility index (Phi) is 6.42. The molecule has 262 valence electrons. The second-order valence-electron chi connectivity index (χ2n) is 16.8. The fourth-order valence-corrected chi connectivity index (χ4v) is 10.1. The van der Waals surface area contributed by atoms with Crippen LogP contribution in [0.3, 0.4) is 0 Å². The van der Waals surface area contributed by atoms with E-state index in [1.165, 1.54) is 127 Å². The third kappa shape index (κ3) is 4.30. The predicted molar refractivity (Wildman–Crippen MR) is 240 cm³/mol. The van der Waals surface area contributed by atoms with Gasteiger partial charge in [0.05, 0.1) is 0 Å². The summed E-state index contributed by atoms with van der Waals surface area (Å²) in [6.07, 6.45) is 0. The Labute approximate surface area is 327 Å². The van der Waals surface area contributed by atoms with E-state index in [4.69, 9.17) is 0 Å². The Bertz CT molecular complexity index is 3300. The van der Waals surface area contributed by atoms with E-state index in [9.17, 15) is 0 Å². The molecule has 0 amide bonds. The van der Waals surface area contributed by atoms with Crippen LogP contribution in [0.25, 0.3) is 121 Å². The quantitative estimate of drug-likeness (QED) is 0.160. The highest BCUT2D eigenvalue weighted by atomic mass is 14.3. The maximum Gasteiger partial charge on any atom is -0.000719 e. The third-order valence-corrected chi connectivity index (χ3v) is 12.7. The molecule has 10 aromatic rings. The van der Waals surface area contributed by atoms with Crippen LogP contribution in [0.5, 0.6) is 0 Å². The zero-order valence-electron chi connectivity index (χ0n) is 31.7. The van der Waals surface area contributed by atoms with Crippen molar-refractivity contribution in [3.63, 3.8) is 0 Å². The topological polar surface area (TPSA) is 0 Å². The van der Waals surface area contributed by atoms with E-state index < -0.39 is 0 Å². The highest BCUT2D eigenvalue weighted by molar-refractivity contribution is 6.31. The minimum atomic E-state index is 0.0869. The summed E-state index contributed by atoms with van der Waals surface area (Å²) in [5.41, 5.74) is 19.7. The standard InChI is InChI=1S/C56H38/c1-56(2,3)37-25-27-40-44-29-28-39(42-20-12-22-43(52(42)44)47(40)32-37)36-24-26-45-48(30-36)51(34-16-8-5-9-17-34)54-46-23-13-21-41-38-19-11-10-18-35(38)31-49(53(41)46)55(54)50(45)33-14-6-4-7-15-33/h4-32H,1-3H3. The van der Waals surface area contributed by atoms with Crippen molar-refractivity contribution in [2.45, 2.75) is 26.2 Å². The molecule has 10 aromatic carbocycles. The van der Waals surface area contributed by atoms with Crippen LogP contribution < -0.4 is 0 Å². The SMILES string of the molecule is CC(C)(C)c1ccc2c(c1)-c1cccc3c(-c4ccc5c(-c6ccccc6)c6c(c(-c7ccccc7)c5c4)-c4cccc5c4c-6cc4ccccc45)ccc-2c13. The van der Waals surface area contributed by atoms with Gasteiger partial charge in [-0.15, -0.1) is 0 Å². The molecule has 0 N–H and O–H groups in total. The molecule has 0 heteroatoms. The van der Waals surface area contributed by atoms with Gasteiger partial charge in [-0.2, -0.15) is 0 Å². The van der Waals surface area contributed by atoms with E-state index >= 15 is 0 Å². The lowest BCUT2D eigenvalue weighted by molar-refractivity contribution is 0.590. The molecule has 0 radical (unpaired) electrons. The summed E-state index contributed by atoms with van der Waals surface area (Å²) in [6.45, 7) is 6.91. The Morgan fingerprint density at radius 1 is 0.286 bits per heavy atom. The molecule has 0 spiro atoms. The lowest BCUT2D eigenvalue weighted by atomic mass is 9.81. The lowest BCUT2D eigenvalue weighted by Gasteiger charge is -2.21. The first kappa shape index (κ1) is 31.6. The van der Waals surface area contributed by atoms with Gasteiger partial charge in [0.1, 0.15) is 0 Å². The van der Waals surface area contributed by atoms with Crippen LogP contribution in [0.4, 0.5) is 0 Å². The minimum Gasteiger partial charge on any atom is -0.0622 e. The zero-order valence-corrected chi connectivity index (χ0v) is 31.7. The molecular weight excluding hydrogens is 673 g/mol. The normalized spacial score (nSPS) is 12.6. The Balaban J connectivity index is 1.19. The number of rotatable bonds is 3. The van der Waals surface area contributed by atoms with Gasteiger partial charge in [0.15, 0.2) is 0 Å². The van der Waals surface area contributed by atoms with Gasteiger partial charge in [-0.1, -0.05) is 178 Å². The lowest BCUT2D eigenvalue weighted by Crippen LogP contribution is -2.10. The molecule has 0 bridgehead atoms. The van der Waals surface area contributed by atoms with Gasteiger partial charge in [-0.05, 0) is 150 Å². The van der Waals surface area contributed by atoms with E-state index in [2.05, 4.69) is 197 Å². The highest BCUT2D eigenvalue weighted by Crippen LogP contribution is 2.59. The van der Waals surface area contributed by atoms with Crippen molar-refractivity contribution in [3.05, 3.63) is 181 Å². The fourth-order valence-electron chi connectivity index (χ4n) is 10.1. The Hall–Kier alpha value is -6.76. The van der Waals surface area contributed by atoms with Gasteiger partial charge in [-0.3, -0.25) is 0 Å². The summed E-state index contributed by atoms with van der Waals surface area (Å²) in [5, 5.41) is 10.5. The van der Waals surface area contributed by atoms with E-state index in [1.54, 1.807) is 0 Å². The molecule has 2 aliphatic rings. The van der Waals surface area contributed by atoms with Crippen molar-refractivity contribution in [1.82, 2.24) is 0 Å².